The quantitative estimate of drug-likeness (QED) is 0.920. The highest BCUT2D eigenvalue weighted by atomic mass is 16.2. The van der Waals surface area contributed by atoms with E-state index < -0.39 is 11.6 Å². The van der Waals surface area contributed by atoms with Crippen LogP contribution in [-0.4, -0.2) is 35.3 Å². The Morgan fingerprint density at radius 1 is 1.12 bits per heavy atom. The third-order valence-electron chi connectivity index (χ3n) is 4.91. The Bertz CT molecular complexity index is 872. The Morgan fingerprint density at radius 3 is 2.46 bits per heavy atom. The predicted molar refractivity (Wildman–Crippen MR) is 98.1 cm³/mol. The van der Waals surface area contributed by atoms with Crippen molar-refractivity contribution in [2.75, 3.05) is 7.05 Å². The highest BCUT2D eigenvalue weighted by molar-refractivity contribution is 5.99. The molecule has 0 unspecified atom stereocenters. The van der Waals surface area contributed by atoms with Gasteiger partial charge in [0.2, 0.25) is 11.8 Å². The second-order valence-corrected chi connectivity index (χ2v) is 6.89. The molecule has 1 aliphatic heterocycles. The number of piperazine rings is 1. The lowest BCUT2D eigenvalue weighted by Gasteiger charge is -2.43. The molecule has 2 aromatic rings. The lowest BCUT2D eigenvalue weighted by atomic mass is 9.86. The van der Waals surface area contributed by atoms with Crippen molar-refractivity contribution in [1.82, 2.24) is 10.2 Å². The van der Waals surface area contributed by atoms with Gasteiger partial charge in [-0.1, -0.05) is 48.5 Å². The molecule has 0 spiro atoms. The molecule has 2 atom stereocenters. The Hall–Kier alpha value is -3.13. The first-order valence-corrected chi connectivity index (χ1v) is 8.56. The van der Waals surface area contributed by atoms with Crippen LogP contribution in [0.4, 0.5) is 0 Å². The van der Waals surface area contributed by atoms with Crippen LogP contribution in [0.2, 0.25) is 0 Å². The molecule has 0 aromatic heterocycles. The van der Waals surface area contributed by atoms with E-state index in [2.05, 4.69) is 11.4 Å². The number of nitrogens with zero attached hydrogens (tertiary/aromatic N) is 2. The van der Waals surface area contributed by atoms with Crippen molar-refractivity contribution in [1.29, 1.82) is 5.26 Å². The summed E-state index contributed by atoms with van der Waals surface area (Å²) in [7, 11) is 1.66. The molecule has 0 saturated carbocycles. The van der Waals surface area contributed by atoms with Gasteiger partial charge in [-0.25, -0.2) is 0 Å². The number of rotatable bonds is 4. The molecule has 26 heavy (non-hydrogen) atoms. The SMILES string of the molecule is CN1C(=O)[C@](C)(Cc2ccccc2)NC(=O)[C@@H]1Cc1ccccc1C#N. The number of likely N-dealkylation sites (N-methyl/N-ethyl adjacent to an activating group) is 1. The molecule has 1 fully saturated rings. The molecular weight excluding hydrogens is 326 g/mol. The molecule has 0 radical (unpaired) electrons. The van der Waals surface area contributed by atoms with Gasteiger partial charge in [0.15, 0.2) is 0 Å². The highest BCUT2D eigenvalue weighted by Gasteiger charge is 2.46. The van der Waals surface area contributed by atoms with Gasteiger partial charge in [-0.2, -0.15) is 5.26 Å². The average molecular weight is 347 g/mol. The maximum atomic E-state index is 13.0. The minimum atomic E-state index is -0.974. The van der Waals surface area contributed by atoms with E-state index in [0.717, 1.165) is 11.1 Å². The van der Waals surface area contributed by atoms with Crippen LogP contribution in [0.15, 0.2) is 54.6 Å². The van der Waals surface area contributed by atoms with Gasteiger partial charge >= 0.3 is 0 Å². The van der Waals surface area contributed by atoms with Crippen LogP contribution in [0.1, 0.15) is 23.6 Å². The van der Waals surface area contributed by atoms with Gasteiger partial charge in [0, 0.05) is 19.9 Å². The molecule has 0 aliphatic carbocycles. The normalized spacial score (nSPS) is 22.7. The third-order valence-corrected chi connectivity index (χ3v) is 4.91. The second kappa shape index (κ2) is 7.01. The summed E-state index contributed by atoms with van der Waals surface area (Å²) in [5.41, 5.74) is 1.31. The molecule has 0 bridgehead atoms. The van der Waals surface area contributed by atoms with E-state index in [4.69, 9.17) is 0 Å². The van der Waals surface area contributed by atoms with Crippen LogP contribution in [-0.2, 0) is 22.4 Å². The first-order valence-electron chi connectivity index (χ1n) is 8.56. The first-order chi connectivity index (χ1) is 12.4. The van der Waals surface area contributed by atoms with Gasteiger partial charge in [-0.3, -0.25) is 9.59 Å². The molecule has 2 aromatic carbocycles. The minimum Gasteiger partial charge on any atom is -0.340 e. The van der Waals surface area contributed by atoms with Gasteiger partial charge in [0.1, 0.15) is 11.6 Å². The Balaban J connectivity index is 1.82. The third kappa shape index (κ3) is 3.31. The molecule has 1 aliphatic rings. The molecule has 1 saturated heterocycles. The zero-order valence-electron chi connectivity index (χ0n) is 14.9. The van der Waals surface area contributed by atoms with Gasteiger partial charge in [-0.15, -0.1) is 0 Å². The highest BCUT2D eigenvalue weighted by Crippen LogP contribution is 2.24. The fourth-order valence-electron chi connectivity index (χ4n) is 3.48. The van der Waals surface area contributed by atoms with Crippen LogP contribution < -0.4 is 5.32 Å². The van der Waals surface area contributed by atoms with Gasteiger partial charge < -0.3 is 10.2 Å². The molecular formula is C21H21N3O2. The van der Waals surface area contributed by atoms with Crippen molar-refractivity contribution in [2.24, 2.45) is 0 Å². The largest absolute Gasteiger partial charge is 0.340 e. The van der Waals surface area contributed by atoms with E-state index in [9.17, 15) is 14.9 Å². The van der Waals surface area contributed by atoms with E-state index in [1.165, 1.54) is 4.90 Å². The number of carbonyl (C=O) groups excluding carboxylic acids is 2. The van der Waals surface area contributed by atoms with Crippen molar-refractivity contribution in [2.45, 2.75) is 31.3 Å². The van der Waals surface area contributed by atoms with Crippen LogP contribution >= 0.6 is 0 Å². The maximum Gasteiger partial charge on any atom is 0.248 e. The summed E-state index contributed by atoms with van der Waals surface area (Å²) < 4.78 is 0. The summed E-state index contributed by atoms with van der Waals surface area (Å²) in [5, 5.41) is 12.2. The molecule has 132 valence electrons. The minimum absolute atomic E-state index is 0.125. The molecule has 2 amide bonds. The topological polar surface area (TPSA) is 73.2 Å². The average Bonchev–Trinajstić information content (AvgIpc) is 2.64. The lowest BCUT2D eigenvalue weighted by Crippen LogP contribution is -2.69. The van der Waals surface area contributed by atoms with Gasteiger partial charge in [-0.05, 0) is 24.1 Å². The van der Waals surface area contributed by atoms with Crippen LogP contribution in [0, 0.1) is 11.3 Å². The smallest absolute Gasteiger partial charge is 0.248 e. The predicted octanol–water partition coefficient (Wildman–Crippen LogP) is 2.06. The lowest BCUT2D eigenvalue weighted by molar-refractivity contribution is -0.152. The van der Waals surface area contributed by atoms with Crippen molar-refractivity contribution >= 4 is 11.8 Å². The van der Waals surface area contributed by atoms with Gasteiger partial charge in [0.05, 0.1) is 11.6 Å². The number of carbonyl (C=O) groups is 2. The van der Waals surface area contributed by atoms with Gasteiger partial charge in [0.25, 0.3) is 0 Å². The fraction of sp³-hybridized carbons (Fsp3) is 0.286. The zero-order valence-corrected chi connectivity index (χ0v) is 14.9. The first kappa shape index (κ1) is 17.7. The molecule has 1 N–H and O–H groups in total. The standard InChI is InChI=1S/C21H21N3O2/c1-21(13-15-8-4-3-5-9-15)20(26)24(2)18(19(25)23-21)12-16-10-6-7-11-17(16)14-22/h3-11,18H,12-13H2,1-2H3,(H,23,25)/t18-,21-/m0/s1. The molecule has 1 heterocycles. The number of nitrogens with one attached hydrogen (secondary N) is 1. The monoisotopic (exact) mass is 347 g/mol. The number of benzene rings is 2. The number of hydrogen-bond acceptors (Lipinski definition) is 3. The number of hydrogen-bond donors (Lipinski definition) is 1. The van der Waals surface area contributed by atoms with Crippen molar-refractivity contribution in [3.8, 4) is 6.07 Å². The van der Waals surface area contributed by atoms with Crippen LogP contribution in [0.5, 0.6) is 0 Å². The summed E-state index contributed by atoms with van der Waals surface area (Å²) in [6.45, 7) is 1.76. The van der Waals surface area contributed by atoms with Crippen molar-refractivity contribution in [3.05, 3.63) is 71.3 Å². The fourth-order valence-corrected chi connectivity index (χ4v) is 3.48. The summed E-state index contributed by atoms with van der Waals surface area (Å²) >= 11 is 0. The molecule has 5 heteroatoms. The summed E-state index contributed by atoms with van der Waals surface area (Å²) in [6.07, 6.45) is 0.753. The van der Waals surface area contributed by atoms with E-state index in [0.29, 0.717) is 18.4 Å². The summed E-state index contributed by atoms with van der Waals surface area (Å²) in [4.78, 5) is 27.3. The van der Waals surface area contributed by atoms with E-state index >= 15 is 0 Å². The van der Waals surface area contributed by atoms with Crippen molar-refractivity contribution < 1.29 is 9.59 Å². The number of amides is 2. The van der Waals surface area contributed by atoms with Crippen LogP contribution in [0.3, 0.4) is 0 Å². The summed E-state index contributed by atoms with van der Waals surface area (Å²) in [6, 6.07) is 18.3. The van der Waals surface area contributed by atoms with Crippen LogP contribution in [0.25, 0.3) is 0 Å². The zero-order chi connectivity index (χ0) is 18.7. The summed E-state index contributed by atoms with van der Waals surface area (Å²) in [5.74, 6) is -0.321. The Labute approximate surface area is 153 Å². The Morgan fingerprint density at radius 2 is 1.77 bits per heavy atom. The van der Waals surface area contributed by atoms with E-state index in [1.54, 1.807) is 26.1 Å². The van der Waals surface area contributed by atoms with Crippen molar-refractivity contribution in [3.63, 3.8) is 0 Å². The maximum absolute atomic E-state index is 13.0. The second-order valence-electron chi connectivity index (χ2n) is 6.89. The molecule has 5 nitrogen and oxygen atoms in total. The van der Waals surface area contributed by atoms with E-state index in [1.807, 2.05) is 42.5 Å². The number of nitriles is 1. The van der Waals surface area contributed by atoms with E-state index in [-0.39, 0.29) is 11.8 Å². The molecule has 3 rings (SSSR count). The Kier molecular flexibility index (Phi) is 4.77.